The summed E-state index contributed by atoms with van der Waals surface area (Å²) in [6, 6.07) is 0. The molecule has 0 aromatic heterocycles. The Morgan fingerprint density at radius 1 is 1.60 bits per heavy atom. The highest BCUT2D eigenvalue weighted by atomic mass is 16.2. The SMILES string of the molecule is CC1=CC(=O)/C(=C/O)CC1. The van der Waals surface area contributed by atoms with E-state index in [1.165, 1.54) is 0 Å². The molecular formula is C8H10O2. The third-order valence-electron chi connectivity index (χ3n) is 1.64. The maximum absolute atomic E-state index is 10.9. The third-order valence-corrected chi connectivity index (χ3v) is 1.64. The Labute approximate surface area is 59.9 Å². The van der Waals surface area contributed by atoms with Crippen LogP contribution in [0.15, 0.2) is 23.5 Å². The zero-order valence-corrected chi connectivity index (χ0v) is 5.92. The number of aliphatic hydroxyl groups excluding tert-OH is 1. The van der Waals surface area contributed by atoms with Crippen LogP contribution in [0.1, 0.15) is 19.8 Å². The van der Waals surface area contributed by atoms with E-state index in [-0.39, 0.29) is 5.78 Å². The van der Waals surface area contributed by atoms with Crippen molar-refractivity contribution in [3.63, 3.8) is 0 Å². The molecule has 1 aliphatic carbocycles. The maximum Gasteiger partial charge on any atom is 0.184 e. The molecule has 0 amide bonds. The predicted molar refractivity (Wildman–Crippen MR) is 38.7 cm³/mol. The van der Waals surface area contributed by atoms with Crippen molar-refractivity contribution in [1.29, 1.82) is 0 Å². The van der Waals surface area contributed by atoms with Gasteiger partial charge in [0.1, 0.15) is 0 Å². The highest BCUT2D eigenvalue weighted by molar-refractivity contribution is 6.04. The first-order chi connectivity index (χ1) is 4.74. The van der Waals surface area contributed by atoms with E-state index in [2.05, 4.69) is 0 Å². The molecule has 0 aromatic rings. The van der Waals surface area contributed by atoms with Crippen molar-refractivity contribution in [2.24, 2.45) is 0 Å². The van der Waals surface area contributed by atoms with Crippen LogP contribution in [-0.2, 0) is 4.79 Å². The smallest absolute Gasteiger partial charge is 0.184 e. The molecule has 2 nitrogen and oxygen atoms in total. The van der Waals surface area contributed by atoms with Gasteiger partial charge >= 0.3 is 0 Å². The first kappa shape index (κ1) is 7.06. The topological polar surface area (TPSA) is 37.3 Å². The minimum atomic E-state index is -0.0498. The summed E-state index contributed by atoms with van der Waals surface area (Å²) in [6.07, 6.45) is 4.05. The molecule has 0 heterocycles. The van der Waals surface area contributed by atoms with Gasteiger partial charge in [0.2, 0.25) is 0 Å². The van der Waals surface area contributed by atoms with Gasteiger partial charge in [-0.1, -0.05) is 5.57 Å². The van der Waals surface area contributed by atoms with Gasteiger partial charge in [-0.05, 0) is 25.8 Å². The lowest BCUT2D eigenvalue weighted by Crippen LogP contribution is -2.05. The fourth-order valence-electron chi connectivity index (χ4n) is 0.972. The molecule has 2 heteroatoms. The van der Waals surface area contributed by atoms with Gasteiger partial charge in [0.25, 0.3) is 0 Å². The predicted octanol–water partition coefficient (Wildman–Crippen LogP) is 1.74. The molecule has 1 aliphatic rings. The second-order valence-electron chi connectivity index (χ2n) is 2.51. The van der Waals surface area contributed by atoms with Gasteiger partial charge in [-0.3, -0.25) is 4.79 Å². The number of hydrogen-bond acceptors (Lipinski definition) is 2. The minimum Gasteiger partial charge on any atom is -0.515 e. The van der Waals surface area contributed by atoms with Gasteiger partial charge in [0, 0.05) is 5.57 Å². The number of allylic oxidation sites excluding steroid dienone is 3. The fourth-order valence-corrected chi connectivity index (χ4v) is 0.972. The second kappa shape index (κ2) is 2.69. The zero-order valence-electron chi connectivity index (χ0n) is 5.92. The summed E-state index contributed by atoms with van der Waals surface area (Å²) in [5, 5.41) is 8.54. The molecule has 1 rings (SSSR count). The summed E-state index contributed by atoms with van der Waals surface area (Å²) in [5.74, 6) is -0.0498. The molecule has 0 aliphatic heterocycles. The fraction of sp³-hybridized carbons (Fsp3) is 0.375. The van der Waals surface area contributed by atoms with Crippen LogP contribution < -0.4 is 0 Å². The van der Waals surface area contributed by atoms with Crippen molar-refractivity contribution >= 4 is 5.78 Å². The van der Waals surface area contributed by atoms with Crippen LogP contribution in [-0.4, -0.2) is 10.9 Å². The Hall–Kier alpha value is -1.05. The number of aliphatic hydroxyl groups is 1. The molecule has 0 bridgehead atoms. The van der Waals surface area contributed by atoms with E-state index in [1.54, 1.807) is 6.08 Å². The Morgan fingerprint density at radius 2 is 2.30 bits per heavy atom. The molecule has 0 saturated heterocycles. The molecular weight excluding hydrogens is 128 g/mol. The number of rotatable bonds is 0. The van der Waals surface area contributed by atoms with Crippen LogP contribution in [0.4, 0.5) is 0 Å². The lowest BCUT2D eigenvalue weighted by atomic mass is 9.96. The Kier molecular flexibility index (Phi) is 1.90. The molecule has 0 aromatic carbocycles. The summed E-state index contributed by atoms with van der Waals surface area (Å²) in [6.45, 7) is 1.92. The minimum absolute atomic E-state index is 0.0498. The van der Waals surface area contributed by atoms with Crippen LogP contribution in [0.2, 0.25) is 0 Å². The Balaban J connectivity index is 2.84. The molecule has 0 spiro atoms. The molecule has 0 radical (unpaired) electrons. The van der Waals surface area contributed by atoms with Crippen LogP contribution >= 0.6 is 0 Å². The maximum atomic E-state index is 10.9. The number of hydrogen-bond donors (Lipinski definition) is 1. The first-order valence-electron chi connectivity index (χ1n) is 3.29. The average molecular weight is 138 g/mol. The van der Waals surface area contributed by atoms with Gasteiger partial charge in [-0.2, -0.15) is 0 Å². The Morgan fingerprint density at radius 3 is 2.80 bits per heavy atom. The van der Waals surface area contributed by atoms with E-state index >= 15 is 0 Å². The van der Waals surface area contributed by atoms with E-state index in [9.17, 15) is 4.79 Å². The van der Waals surface area contributed by atoms with Gasteiger partial charge in [0.05, 0.1) is 6.26 Å². The van der Waals surface area contributed by atoms with E-state index < -0.39 is 0 Å². The largest absolute Gasteiger partial charge is 0.515 e. The zero-order chi connectivity index (χ0) is 7.56. The van der Waals surface area contributed by atoms with Gasteiger partial charge in [0.15, 0.2) is 5.78 Å². The molecule has 10 heavy (non-hydrogen) atoms. The van der Waals surface area contributed by atoms with Crippen LogP contribution in [0.25, 0.3) is 0 Å². The second-order valence-corrected chi connectivity index (χ2v) is 2.51. The van der Waals surface area contributed by atoms with Crippen molar-refractivity contribution in [3.05, 3.63) is 23.5 Å². The summed E-state index contributed by atoms with van der Waals surface area (Å²) >= 11 is 0. The molecule has 0 fully saturated rings. The van der Waals surface area contributed by atoms with Crippen molar-refractivity contribution in [2.45, 2.75) is 19.8 Å². The van der Waals surface area contributed by atoms with E-state index in [4.69, 9.17) is 5.11 Å². The summed E-state index contributed by atoms with van der Waals surface area (Å²) in [7, 11) is 0. The van der Waals surface area contributed by atoms with Crippen molar-refractivity contribution in [1.82, 2.24) is 0 Å². The van der Waals surface area contributed by atoms with E-state index in [0.717, 1.165) is 18.3 Å². The molecule has 54 valence electrons. The number of ketones is 1. The molecule has 0 atom stereocenters. The highest BCUT2D eigenvalue weighted by Gasteiger charge is 2.12. The third kappa shape index (κ3) is 1.26. The first-order valence-corrected chi connectivity index (χ1v) is 3.29. The summed E-state index contributed by atoms with van der Waals surface area (Å²) in [5.41, 5.74) is 1.61. The summed E-state index contributed by atoms with van der Waals surface area (Å²) in [4.78, 5) is 10.9. The highest BCUT2D eigenvalue weighted by Crippen LogP contribution is 2.18. The number of carbonyl (C=O) groups is 1. The lowest BCUT2D eigenvalue weighted by Gasteiger charge is -2.08. The van der Waals surface area contributed by atoms with Gasteiger partial charge < -0.3 is 5.11 Å². The Bertz CT molecular complexity index is 211. The van der Waals surface area contributed by atoms with Gasteiger partial charge in [-0.25, -0.2) is 0 Å². The molecule has 0 saturated carbocycles. The van der Waals surface area contributed by atoms with Gasteiger partial charge in [-0.15, -0.1) is 0 Å². The quantitative estimate of drug-likeness (QED) is 0.409. The lowest BCUT2D eigenvalue weighted by molar-refractivity contribution is -0.111. The van der Waals surface area contributed by atoms with Crippen LogP contribution in [0.3, 0.4) is 0 Å². The van der Waals surface area contributed by atoms with Crippen molar-refractivity contribution in [3.8, 4) is 0 Å². The molecule has 0 unspecified atom stereocenters. The summed E-state index contributed by atoms with van der Waals surface area (Å²) < 4.78 is 0. The normalized spacial score (nSPS) is 23.1. The van der Waals surface area contributed by atoms with E-state index in [1.807, 2.05) is 6.92 Å². The van der Waals surface area contributed by atoms with E-state index in [0.29, 0.717) is 12.0 Å². The standard InChI is InChI=1S/C8H10O2/c1-6-2-3-7(5-9)8(10)4-6/h4-5,9H,2-3H2,1H3/b7-5+. The average Bonchev–Trinajstić information content (AvgIpc) is 1.88. The van der Waals surface area contributed by atoms with Crippen LogP contribution in [0.5, 0.6) is 0 Å². The van der Waals surface area contributed by atoms with Crippen LogP contribution in [0, 0.1) is 0 Å². The van der Waals surface area contributed by atoms with Crippen molar-refractivity contribution < 1.29 is 9.90 Å². The monoisotopic (exact) mass is 138 g/mol. The van der Waals surface area contributed by atoms with Crippen molar-refractivity contribution in [2.75, 3.05) is 0 Å². The molecule has 1 N–H and O–H groups in total. The number of carbonyl (C=O) groups excluding carboxylic acids is 1.